The number of benzene rings is 13. The maximum absolute atomic E-state index is 2.64. The molecule has 2 aliphatic rings. The lowest BCUT2D eigenvalue weighted by atomic mass is 9.33. The van der Waals surface area contributed by atoms with Gasteiger partial charge in [-0.05, 0) is 156 Å². The van der Waals surface area contributed by atoms with E-state index in [1.807, 2.05) is 0 Å². The zero-order chi connectivity index (χ0) is 64.1. The Morgan fingerprint density at radius 2 is 0.553 bits per heavy atom. The molecule has 0 fully saturated rings. The van der Waals surface area contributed by atoms with Crippen LogP contribution in [0.1, 0.15) is 99.9 Å². The minimum absolute atomic E-state index is 0.146. The van der Waals surface area contributed by atoms with E-state index in [1.54, 1.807) is 0 Å². The molecular weight excluding hydrogens is 1130 g/mol. The molecule has 4 heteroatoms. The maximum Gasteiger partial charge on any atom is 0.252 e. The Bertz CT molecular complexity index is 4860. The van der Waals surface area contributed by atoms with Gasteiger partial charge in [-0.3, -0.25) is 0 Å². The molecule has 0 bridgehead atoms. The van der Waals surface area contributed by atoms with E-state index in [2.05, 4.69) is 385 Å². The first kappa shape index (κ1) is 58.4. The Morgan fingerprint density at radius 1 is 0.234 bits per heavy atom. The molecule has 0 aliphatic carbocycles. The predicted molar refractivity (Wildman–Crippen MR) is 400 cm³/mol. The topological polar surface area (TPSA) is 11.4 Å². The third kappa shape index (κ3) is 9.64. The van der Waals surface area contributed by atoms with E-state index < -0.39 is 0 Å². The lowest BCUT2D eigenvalue weighted by Crippen LogP contribution is -2.61. The van der Waals surface area contributed by atoms with Crippen molar-refractivity contribution in [1.82, 2.24) is 4.57 Å². The van der Waals surface area contributed by atoms with Crippen molar-refractivity contribution in [1.29, 1.82) is 0 Å². The number of nitrogens with zero attached hydrogens (tertiary/aromatic N) is 3. The van der Waals surface area contributed by atoms with Gasteiger partial charge in [-0.1, -0.05) is 298 Å². The highest BCUT2D eigenvalue weighted by Gasteiger charge is 2.46. The molecular formula is C90H76BN3. The van der Waals surface area contributed by atoms with Crippen molar-refractivity contribution in [2.75, 3.05) is 9.80 Å². The summed E-state index contributed by atoms with van der Waals surface area (Å²) in [6.07, 6.45) is 0. The summed E-state index contributed by atoms with van der Waals surface area (Å²) in [5.74, 6) is 0. The Kier molecular flexibility index (Phi) is 14.0. The second-order valence-electron chi connectivity index (χ2n) is 28.1. The van der Waals surface area contributed by atoms with Crippen LogP contribution < -0.4 is 26.2 Å². The molecule has 0 saturated carbocycles. The minimum atomic E-state index is -0.329. The average molecular weight is 1210 g/mol. The van der Waals surface area contributed by atoms with Crippen LogP contribution in [0.3, 0.4) is 0 Å². The Hall–Kier alpha value is -10.7. The summed E-state index contributed by atoms with van der Waals surface area (Å²) < 4.78 is 2.56. The van der Waals surface area contributed by atoms with E-state index in [1.165, 1.54) is 105 Å². The van der Waals surface area contributed by atoms with Crippen LogP contribution in [0.2, 0.25) is 0 Å². The average Bonchev–Trinajstić information content (AvgIpc) is 0.825. The standard InChI is InChI=1S/C90H76BN3/c1-87(2,65-33-19-11-20-34-65)69-41-27-43-73(55-69)92-82-57-71(89(5,6)67-37-23-13-24-38-67)47-49-78(82)91-79-50-48-72(90(7,8)68-39-25-14-26-40-68)58-83(79)93(74-44-28-42-70(56-74)88(3,4)66-35-21-12-22-36-66)85-60-75(59-84(92)86(85)91)94-80-51-45-63(61-29-15-9-16-30-61)53-76(80)77-54-64(46-52-81(77)94)62-31-17-10-18-32-62/h9-60H,1-8H3. The van der Waals surface area contributed by atoms with Crippen LogP contribution in [0.5, 0.6) is 0 Å². The highest BCUT2D eigenvalue weighted by Crippen LogP contribution is 2.50. The fourth-order valence-electron chi connectivity index (χ4n) is 15.5. The molecule has 3 nitrogen and oxygen atoms in total. The summed E-state index contributed by atoms with van der Waals surface area (Å²) in [5, 5.41) is 2.41. The number of aromatic nitrogens is 1. The molecule has 14 aromatic rings. The summed E-state index contributed by atoms with van der Waals surface area (Å²) in [6.45, 7) is 18.9. The molecule has 3 heterocycles. The number of anilines is 6. The molecule has 2 aliphatic heterocycles. The summed E-state index contributed by atoms with van der Waals surface area (Å²) in [4.78, 5) is 5.28. The molecule has 0 amide bonds. The monoisotopic (exact) mass is 1210 g/mol. The first-order valence-electron chi connectivity index (χ1n) is 33.3. The van der Waals surface area contributed by atoms with Gasteiger partial charge in [-0.2, -0.15) is 0 Å². The van der Waals surface area contributed by atoms with Gasteiger partial charge in [0.15, 0.2) is 0 Å². The van der Waals surface area contributed by atoms with Gasteiger partial charge in [0.1, 0.15) is 0 Å². The zero-order valence-corrected chi connectivity index (χ0v) is 54.9. The van der Waals surface area contributed by atoms with Gasteiger partial charge in [0.2, 0.25) is 0 Å². The van der Waals surface area contributed by atoms with E-state index in [4.69, 9.17) is 0 Å². The van der Waals surface area contributed by atoms with Crippen molar-refractivity contribution in [3.05, 3.63) is 360 Å². The van der Waals surface area contributed by atoms with E-state index >= 15 is 0 Å². The van der Waals surface area contributed by atoms with E-state index in [0.29, 0.717) is 0 Å². The van der Waals surface area contributed by atoms with E-state index in [9.17, 15) is 0 Å². The second-order valence-corrected chi connectivity index (χ2v) is 28.1. The van der Waals surface area contributed by atoms with Gasteiger partial charge < -0.3 is 14.4 Å². The van der Waals surface area contributed by atoms with Crippen LogP contribution in [0.25, 0.3) is 49.7 Å². The molecule has 0 N–H and O–H groups in total. The molecule has 1 aromatic heterocycles. The summed E-state index contributed by atoms with van der Waals surface area (Å²) in [5.41, 5.74) is 27.6. The smallest absolute Gasteiger partial charge is 0.252 e. The first-order chi connectivity index (χ1) is 45.6. The zero-order valence-electron chi connectivity index (χ0n) is 54.9. The fraction of sp³-hybridized carbons (Fsp3) is 0.133. The quantitative estimate of drug-likeness (QED) is 0.107. The third-order valence-electron chi connectivity index (χ3n) is 21.4. The van der Waals surface area contributed by atoms with Gasteiger partial charge in [0.05, 0.1) is 16.7 Å². The van der Waals surface area contributed by atoms with Crippen molar-refractivity contribution in [3.63, 3.8) is 0 Å². The molecule has 0 atom stereocenters. The van der Waals surface area contributed by atoms with Crippen LogP contribution in [-0.2, 0) is 21.7 Å². The largest absolute Gasteiger partial charge is 0.311 e. The Balaban J connectivity index is 1.04. The number of hydrogen-bond donors (Lipinski definition) is 0. The summed E-state index contributed by atoms with van der Waals surface area (Å²) in [7, 11) is 0. The summed E-state index contributed by atoms with van der Waals surface area (Å²) in [6, 6.07) is 119. The van der Waals surface area contributed by atoms with Gasteiger partial charge in [0, 0.05) is 66.6 Å². The lowest BCUT2D eigenvalue weighted by molar-refractivity contribution is 0.640. The van der Waals surface area contributed by atoms with Gasteiger partial charge in [-0.15, -0.1) is 0 Å². The number of fused-ring (bicyclic) bond motifs is 7. The molecule has 0 saturated heterocycles. The van der Waals surface area contributed by atoms with Crippen molar-refractivity contribution in [3.8, 4) is 27.9 Å². The first-order valence-corrected chi connectivity index (χ1v) is 33.3. The van der Waals surface area contributed by atoms with Crippen LogP contribution in [0.4, 0.5) is 34.1 Å². The van der Waals surface area contributed by atoms with E-state index in [0.717, 1.165) is 39.5 Å². The molecule has 16 rings (SSSR count). The SMILES string of the molecule is CC(C)(c1ccccc1)c1cccc(N2c3cc(C(C)(C)c4ccccc4)ccc3B3c4ccc(C(C)(C)c5ccccc5)cc4N(c4cccc(C(C)(C)c5ccccc5)c4)c4cc(-n5c6ccc(-c7ccccc7)cc6c6cc(-c7ccccc7)ccc65)cc2c43)c1. The Labute approximate surface area is 555 Å². The fourth-order valence-corrected chi connectivity index (χ4v) is 15.5. The van der Waals surface area contributed by atoms with Crippen molar-refractivity contribution in [2.24, 2.45) is 0 Å². The normalized spacial score (nSPS) is 13.0. The third-order valence-corrected chi connectivity index (χ3v) is 21.4. The molecule has 454 valence electrons. The van der Waals surface area contributed by atoms with Gasteiger partial charge in [0.25, 0.3) is 6.71 Å². The van der Waals surface area contributed by atoms with Crippen LogP contribution in [0, 0.1) is 0 Å². The van der Waals surface area contributed by atoms with Gasteiger partial charge >= 0.3 is 0 Å². The van der Waals surface area contributed by atoms with Gasteiger partial charge in [-0.25, -0.2) is 0 Å². The highest BCUT2D eigenvalue weighted by molar-refractivity contribution is 7.00. The number of rotatable bonds is 13. The highest BCUT2D eigenvalue weighted by atomic mass is 15.2. The number of hydrogen-bond acceptors (Lipinski definition) is 2. The molecule has 94 heavy (non-hydrogen) atoms. The molecule has 0 spiro atoms. The van der Waals surface area contributed by atoms with Crippen molar-refractivity contribution in [2.45, 2.75) is 77.0 Å². The molecule has 0 unspecified atom stereocenters. The molecule has 0 radical (unpaired) electrons. The summed E-state index contributed by atoms with van der Waals surface area (Å²) >= 11 is 0. The predicted octanol–water partition coefficient (Wildman–Crippen LogP) is 21.5. The van der Waals surface area contributed by atoms with Crippen molar-refractivity contribution < 1.29 is 0 Å². The van der Waals surface area contributed by atoms with Crippen molar-refractivity contribution >= 4 is 79.0 Å². The lowest BCUT2D eigenvalue weighted by Gasteiger charge is -2.45. The van der Waals surface area contributed by atoms with E-state index in [-0.39, 0.29) is 28.4 Å². The second kappa shape index (κ2) is 22.6. The van der Waals surface area contributed by atoms with Crippen LogP contribution >= 0.6 is 0 Å². The van der Waals surface area contributed by atoms with Crippen LogP contribution in [-0.4, -0.2) is 11.3 Å². The Morgan fingerprint density at radius 3 is 0.904 bits per heavy atom. The molecule has 13 aromatic carbocycles. The minimum Gasteiger partial charge on any atom is -0.311 e. The van der Waals surface area contributed by atoms with Crippen LogP contribution in [0.15, 0.2) is 315 Å². The maximum atomic E-state index is 2.64.